The number of ether oxygens (including phenoxy) is 3. The molecule has 5 nitrogen and oxygen atoms in total. The van der Waals surface area contributed by atoms with Crippen molar-refractivity contribution in [3.05, 3.63) is 29.8 Å². The van der Waals surface area contributed by atoms with Gasteiger partial charge in [-0.25, -0.2) is 4.79 Å². The van der Waals surface area contributed by atoms with Crippen LogP contribution in [0.2, 0.25) is 0 Å². The van der Waals surface area contributed by atoms with Crippen LogP contribution >= 0.6 is 0 Å². The molecule has 0 spiro atoms. The molecule has 0 aliphatic rings. The van der Waals surface area contributed by atoms with Crippen LogP contribution in [-0.2, 0) is 14.3 Å². The minimum absolute atomic E-state index is 0.490. The van der Waals surface area contributed by atoms with Crippen molar-refractivity contribution in [2.24, 2.45) is 5.73 Å². The third-order valence-electron chi connectivity index (χ3n) is 2.51. The maximum atomic E-state index is 11.4. The summed E-state index contributed by atoms with van der Waals surface area (Å²) in [7, 11) is 4.31. The zero-order chi connectivity index (χ0) is 12.8. The van der Waals surface area contributed by atoms with E-state index in [2.05, 4.69) is 4.74 Å². The average Bonchev–Trinajstić information content (AvgIpc) is 2.39. The highest BCUT2D eigenvalue weighted by Crippen LogP contribution is 2.20. The van der Waals surface area contributed by atoms with Gasteiger partial charge in [0.1, 0.15) is 5.75 Å². The fourth-order valence-corrected chi connectivity index (χ4v) is 1.51. The molecule has 2 N–H and O–H groups in total. The van der Waals surface area contributed by atoms with Gasteiger partial charge in [-0.2, -0.15) is 0 Å². The minimum atomic E-state index is -0.812. The van der Waals surface area contributed by atoms with E-state index in [0.717, 1.165) is 11.3 Å². The number of carbonyl (C=O) groups excluding carboxylic acids is 1. The molecule has 0 amide bonds. The lowest BCUT2D eigenvalue weighted by Gasteiger charge is -2.20. The second-order valence-electron chi connectivity index (χ2n) is 3.48. The quantitative estimate of drug-likeness (QED) is 0.772. The molecule has 0 fully saturated rings. The highest BCUT2D eigenvalue weighted by molar-refractivity contribution is 5.75. The lowest BCUT2D eigenvalue weighted by atomic mass is 10.0. The monoisotopic (exact) mass is 239 g/mol. The zero-order valence-corrected chi connectivity index (χ0v) is 10.2. The highest BCUT2D eigenvalue weighted by atomic mass is 16.6. The van der Waals surface area contributed by atoms with Crippen LogP contribution in [0.25, 0.3) is 0 Å². The molecule has 0 bridgehead atoms. The lowest BCUT2D eigenvalue weighted by molar-refractivity contribution is -0.153. The molecule has 0 saturated heterocycles. The summed E-state index contributed by atoms with van der Waals surface area (Å²) >= 11 is 0. The Morgan fingerprint density at radius 2 is 1.76 bits per heavy atom. The van der Waals surface area contributed by atoms with Crippen LogP contribution in [0.4, 0.5) is 0 Å². The number of methoxy groups -OCH3 is 3. The minimum Gasteiger partial charge on any atom is -0.497 e. The van der Waals surface area contributed by atoms with Gasteiger partial charge in [-0.15, -0.1) is 0 Å². The molecule has 1 aromatic carbocycles. The second-order valence-corrected chi connectivity index (χ2v) is 3.48. The molecule has 17 heavy (non-hydrogen) atoms. The zero-order valence-electron chi connectivity index (χ0n) is 10.2. The third kappa shape index (κ3) is 3.18. The van der Waals surface area contributed by atoms with E-state index in [1.165, 1.54) is 14.2 Å². The van der Waals surface area contributed by atoms with Crippen LogP contribution in [0.1, 0.15) is 11.6 Å². The molecule has 0 aromatic heterocycles. The first-order valence-corrected chi connectivity index (χ1v) is 5.14. The molecule has 94 valence electrons. The molecule has 5 heteroatoms. The summed E-state index contributed by atoms with van der Waals surface area (Å²) in [5.41, 5.74) is 6.73. The normalized spacial score (nSPS) is 13.9. The van der Waals surface area contributed by atoms with Gasteiger partial charge < -0.3 is 19.9 Å². The van der Waals surface area contributed by atoms with Gasteiger partial charge in [0.25, 0.3) is 0 Å². The van der Waals surface area contributed by atoms with Gasteiger partial charge in [0, 0.05) is 7.11 Å². The summed E-state index contributed by atoms with van der Waals surface area (Å²) in [5.74, 6) is 0.240. The second kappa shape index (κ2) is 6.22. The van der Waals surface area contributed by atoms with Crippen LogP contribution in [0, 0.1) is 0 Å². The van der Waals surface area contributed by atoms with E-state index in [0.29, 0.717) is 0 Å². The smallest absolute Gasteiger partial charge is 0.336 e. The summed E-state index contributed by atoms with van der Waals surface area (Å²) in [6.45, 7) is 0. The first-order chi connectivity index (χ1) is 8.13. The Morgan fingerprint density at radius 1 is 1.18 bits per heavy atom. The van der Waals surface area contributed by atoms with Crippen LogP contribution < -0.4 is 10.5 Å². The van der Waals surface area contributed by atoms with Gasteiger partial charge in [-0.1, -0.05) is 12.1 Å². The fraction of sp³-hybridized carbons (Fsp3) is 0.417. The number of carbonyl (C=O) groups is 1. The van der Waals surface area contributed by atoms with Crippen molar-refractivity contribution >= 4 is 5.97 Å². The third-order valence-corrected chi connectivity index (χ3v) is 2.51. The SMILES string of the molecule is COC(=O)[C@@H](OC)[C@@H](N)c1ccc(OC)cc1. The molecule has 2 atom stereocenters. The number of rotatable bonds is 5. The fourth-order valence-electron chi connectivity index (χ4n) is 1.51. The van der Waals surface area contributed by atoms with Crippen molar-refractivity contribution in [3.63, 3.8) is 0 Å². The maximum Gasteiger partial charge on any atom is 0.336 e. The van der Waals surface area contributed by atoms with Crippen molar-refractivity contribution in [2.75, 3.05) is 21.3 Å². The van der Waals surface area contributed by atoms with E-state index in [9.17, 15) is 4.79 Å². The molecule has 0 heterocycles. The Bertz CT molecular complexity index is 363. The van der Waals surface area contributed by atoms with Gasteiger partial charge in [0.05, 0.1) is 20.3 Å². The summed E-state index contributed by atoms with van der Waals surface area (Å²) in [6, 6.07) is 6.56. The van der Waals surface area contributed by atoms with Gasteiger partial charge >= 0.3 is 5.97 Å². The topological polar surface area (TPSA) is 70.8 Å². The van der Waals surface area contributed by atoms with Crippen LogP contribution in [0.15, 0.2) is 24.3 Å². The summed E-state index contributed by atoms with van der Waals surface area (Å²) in [4.78, 5) is 11.4. The lowest BCUT2D eigenvalue weighted by Crippen LogP contribution is -2.36. The van der Waals surface area contributed by atoms with E-state index >= 15 is 0 Å². The molecular weight excluding hydrogens is 222 g/mol. The molecule has 0 radical (unpaired) electrons. The summed E-state index contributed by atoms with van der Waals surface area (Å²) in [6.07, 6.45) is -0.812. The molecular formula is C12H17NO4. The van der Waals surface area contributed by atoms with E-state index in [4.69, 9.17) is 15.2 Å². The van der Waals surface area contributed by atoms with Gasteiger partial charge in [0.2, 0.25) is 0 Å². The van der Waals surface area contributed by atoms with Crippen molar-refractivity contribution in [1.29, 1.82) is 0 Å². The molecule has 0 aliphatic carbocycles. The Kier molecular flexibility index (Phi) is 4.93. The molecule has 0 saturated carbocycles. The Labute approximate surface area is 100 Å². The number of esters is 1. The van der Waals surface area contributed by atoms with E-state index in [1.807, 2.05) is 0 Å². The van der Waals surface area contributed by atoms with Crippen LogP contribution in [-0.4, -0.2) is 33.4 Å². The molecule has 1 rings (SSSR count). The molecule has 1 aromatic rings. The molecule has 0 unspecified atom stereocenters. The average molecular weight is 239 g/mol. The van der Waals surface area contributed by atoms with Crippen LogP contribution in [0.5, 0.6) is 5.75 Å². The van der Waals surface area contributed by atoms with Gasteiger partial charge in [-0.3, -0.25) is 0 Å². The van der Waals surface area contributed by atoms with Crippen molar-refractivity contribution in [2.45, 2.75) is 12.1 Å². The Balaban J connectivity index is 2.85. The first-order valence-electron chi connectivity index (χ1n) is 5.14. The van der Waals surface area contributed by atoms with Crippen molar-refractivity contribution in [3.8, 4) is 5.75 Å². The maximum absolute atomic E-state index is 11.4. The van der Waals surface area contributed by atoms with Gasteiger partial charge in [0.15, 0.2) is 6.10 Å². The van der Waals surface area contributed by atoms with E-state index in [-0.39, 0.29) is 0 Å². The Hall–Kier alpha value is -1.59. The number of nitrogens with two attached hydrogens (primary N) is 1. The van der Waals surface area contributed by atoms with Crippen molar-refractivity contribution < 1.29 is 19.0 Å². The number of hydrogen-bond donors (Lipinski definition) is 1. The predicted octanol–water partition coefficient (Wildman–Crippen LogP) is 0.883. The standard InChI is InChI=1S/C12H17NO4/c1-15-9-6-4-8(5-7-9)10(13)11(16-2)12(14)17-3/h4-7,10-11H,13H2,1-3H3/t10-,11-/m0/s1. The number of benzene rings is 1. The Morgan fingerprint density at radius 3 is 2.18 bits per heavy atom. The van der Waals surface area contributed by atoms with E-state index < -0.39 is 18.1 Å². The summed E-state index contributed by atoms with van der Waals surface area (Å²) < 4.78 is 14.7. The van der Waals surface area contributed by atoms with E-state index in [1.54, 1.807) is 31.4 Å². The van der Waals surface area contributed by atoms with Crippen LogP contribution in [0.3, 0.4) is 0 Å². The van der Waals surface area contributed by atoms with Gasteiger partial charge in [-0.05, 0) is 17.7 Å². The largest absolute Gasteiger partial charge is 0.497 e. The summed E-state index contributed by atoms with van der Waals surface area (Å²) in [5, 5.41) is 0. The molecule has 0 aliphatic heterocycles. The predicted molar refractivity (Wildman–Crippen MR) is 62.7 cm³/mol. The van der Waals surface area contributed by atoms with Crippen molar-refractivity contribution in [1.82, 2.24) is 0 Å². The first kappa shape index (κ1) is 13.5. The number of hydrogen-bond acceptors (Lipinski definition) is 5. The highest BCUT2D eigenvalue weighted by Gasteiger charge is 2.27.